The second kappa shape index (κ2) is 10.2. The summed E-state index contributed by atoms with van der Waals surface area (Å²) >= 11 is 8.75. The maximum atomic E-state index is 12.3. The van der Waals surface area contributed by atoms with E-state index in [1.807, 2.05) is 19.1 Å². The molecular weight excluding hydrogens is 496 g/mol. The fourth-order valence-electron chi connectivity index (χ4n) is 2.97. The van der Waals surface area contributed by atoms with Gasteiger partial charge in [-0.3, -0.25) is 19.9 Å². The van der Waals surface area contributed by atoms with E-state index >= 15 is 0 Å². The molecule has 0 unspecified atom stereocenters. The predicted molar refractivity (Wildman–Crippen MR) is 135 cm³/mol. The number of aliphatic imine (C=N–C) groups is 1. The van der Waals surface area contributed by atoms with Crippen molar-refractivity contribution in [2.24, 2.45) is 4.99 Å². The monoisotopic (exact) mass is 511 g/mol. The first kappa shape index (κ1) is 23.7. The Bertz CT molecular complexity index is 1440. The Balaban J connectivity index is 1.43. The molecule has 3 aromatic carbocycles. The zero-order valence-electron chi connectivity index (χ0n) is 17.6. The van der Waals surface area contributed by atoms with Crippen LogP contribution in [0, 0.1) is 17.0 Å². The van der Waals surface area contributed by atoms with Crippen LogP contribution >= 0.6 is 34.7 Å². The van der Waals surface area contributed by atoms with Gasteiger partial charge in [-0.15, -0.1) is 11.3 Å². The SMILES string of the molecule is Cc1ccc(Cl)cc1NC(=O)CSc1nc2ccc(N=Cc3cc([N+](=O)[O-])ccc3[O-])cc2s1. The van der Waals surface area contributed by atoms with Gasteiger partial charge in [0.05, 0.1) is 26.6 Å². The quantitative estimate of drug-likeness (QED) is 0.146. The molecule has 0 spiro atoms. The Morgan fingerprint density at radius 2 is 2.06 bits per heavy atom. The summed E-state index contributed by atoms with van der Waals surface area (Å²) in [4.78, 5) is 31.5. The van der Waals surface area contributed by atoms with Gasteiger partial charge in [0, 0.05) is 29.1 Å². The third-order valence-corrected chi connectivity index (χ3v) is 7.11. The van der Waals surface area contributed by atoms with Crippen LogP contribution in [0.2, 0.25) is 5.02 Å². The largest absolute Gasteiger partial charge is 0.872 e. The number of nitro benzene ring substituents is 1. The van der Waals surface area contributed by atoms with E-state index in [4.69, 9.17) is 11.6 Å². The summed E-state index contributed by atoms with van der Waals surface area (Å²) < 4.78 is 1.60. The Kier molecular flexibility index (Phi) is 7.11. The normalized spacial score (nSPS) is 11.2. The van der Waals surface area contributed by atoms with Crippen molar-refractivity contribution in [1.29, 1.82) is 0 Å². The number of carbonyl (C=O) groups is 1. The molecule has 0 saturated carbocycles. The standard InChI is InChI=1S/C23H17ClN4O4S2/c1-13-2-3-15(24)9-19(13)26-22(30)12-33-23-27-18-6-4-16(10-21(18)34-23)25-11-14-8-17(28(31)32)5-7-20(14)29/h2-11,29H,12H2,1H3,(H,26,30)/p-1. The molecular formula is C23H16ClN4O4S2-. The number of rotatable bonds is 7. The van der Waals surface area contributed by atoms with E-state index in [1.165, 1.54) is 41.4 Å². The molecule has 0 aliphatic carbocycles. The molecule has 172 valence electrons. The molecule has 0 aliphatic heterocycles. The number of thiazole rings is 1. The number of thioether (sulfide) groups is 1. The zero-order valence-corrected chi connectivity index (χ0v) is 20.0. The lowest BCUT2D eigenvalue weighted by Gasteiger charge is -2.08. The number of amides is 1. The molecule has 1 amide bonds. The molecule has 1 N–H and O–H groups in total. The summed E-state index contributed by atoms with van der Waals surface area (Å²) in [6.45, 7) is 1.89. The minimum Gasteiger partial charge on any atom is -0.872 e. The van der Waals surface area contributed by atoms with Crippen LogP contribution in [-0.4, -0.2) is 27.8 Å². The van der Waals surface area contributed by atoms with Gasteiger partial charge in [0.15, 0.2) is 4.34 Å². The molecule has 1 heterocycles. The molecule has 8 nitrogen and oxygen atoms in total. The van der Waals surface area contributed by atoms with Crippen molar-refractivity contribution < 1.29 is 14.8 Å². The van der Waals surface area contributed by atoms with Crippen molar-refractivity contribution >= 4 is 74.1 Å². The number of nitrogens with zero attached hydrogens (tertiary/aromatic N) is 3. The van der Waals surface area contributed by atoms with Crippen LogP contribution in [0.4, 0.5) is 17.1 Å². The van der Waals surface area contributed by atoms with Crippen LogP contribution < -0.4 is 10.4 Å². The molecule has 0 aliphatic rings. The van der Waals surface area contributed by atoms with E-state index in [9.17, 15) is 20.0 Å². The van der Waals surface area contributed by atoms with Crippen LogP contribution in [0.25, 0.3) is 10.2 Å². The number of carbonyl (C=O) groups excluding carboxylic acids is 1. The lowest BCUT2D eigenvalue weighted by atomic mass is 10.2. The molecule has 0 saturated heterocycles. The molecule has 0 radical (unpaired) electrons. The second-order valence-corrected chi connectivity index (χ2v) is 9.85. The fraction of sp³-hybridized carbons (Fsp3) is 0.0870. The average Bonchev–Trinajstić information content (AvgIpc) is 3.21. The Hall–Kier alpha value is -3.47. The van der Waals surface area contributed by atoms with Crippen LogP contribution in [-0.2, 0) is 4.79 Å². The molecule has 4 aromatic rings. The van der Waals surface area contributed by atoms with Gasteiger partial charge in [-0.05, 0) is 48.4 Å². The lowest BCUT2D eigenvalue weighted by molar-refractivity contribution is -0.385. The number of aromatic nitrogens is 1. The smallest absolute Gasteiger partial charge is 0.270 e. The summed E-state index contributed by atoms with van der Waals surface area (Å²) in [7, 11) is 0. The van der Waals surface area contributed by atoms with Gasteiger partial charge in [0.1, 0.15) is 0 Å². The zero-order chi connectivity index (χ0) is 24.2. The number of anilines is 1. The van der Waals surface area contributed by atoms with Crippen molar-refractivity contribution in [3.63, 3.8) is 0 Å². The maximum absolute atomic E-state index is 12.3. The molecule has 34 heavy (non-hydrogen) atoms. The van der Waals surface area contributed by atoms with E-state index in [-0.39, 0.29) is 28.7 Å². The fourth-order valence-corrected chi connectivity index (χ4v) is 5.04. The van der Waals surface area contributed by atoms with Crippen molar-refractivity contribution in [2.75, 3.05) is 11.1 Å². The Morgan fingerprint density at radius 3 is 2.85 bits per heavy atom. The number of hydrogen-bond donors (Lipinski definition) is 1. The molecule has 0 bridgehead atoms. The number of nitrogens with one attached hydrogen (secondary N) is 1. The first-order chi connectivity index (χ1) is 16.3. The van der Waals surface area contributed by atoms with Crippen molar-refractivity contribution in [1.82, 2.24) is 4.98 Å². The van der Waals surface area contributed by atoms with Gasteiger partial charge in [0.25, 0.3) is 5.69 Å². The third-order valence-electron chi connectivity index (χ3n) is 4.71. The van der Waals surface area contributed by atoms with E-state index in [2.05, 4.69) is 15.3 Å². The second-order valence-electron chi connectivity index (χ2n) is 7.17. The lowest BCUT2D eigenvalue weighted by Crippen LogP contribution is -2.14. The topological polar surface area (TPSA) is 121 Å². The third kappa shape index (κ3) is 5.71. The predicted octanol–water partition coefficient (Wildman–Crippen LogP) is 5.72. The van der Waals surface area contributed by atoms with Crippen molar-refractivity contribution in [2.45, 2.75) is 11.3 Å². The highest BCUT2D eigenvalue weighted by Gasteiger charge is 2.10. The van der Waals surface area contributed by atoms with E-state index in [0.717, 1.165) is 26.2 Å². The van der Waals surface area contributed by atoms with Crippen LogP contribution in [0.3, 0.4) is 0 Å². The van der Waals surface area contributed by atoms with Crippen LogP contribution in [0.15, 0.2) is 63.9 Å². The number of fused-ring (bicyclic) bond motifs is 1. The van der Waals surface area contributed by atoms with Crippen LogP contribution in [0.1, 0.15) is 11.1 Å². The number of hydrogen-bond acceptors (Lipinski definition) is 8. The minimum atomic E-state index is -0.560. The Morgan fingerprint density at radius 1 is 1.24 bits per heavy atom. The van der Waals surface area contributed by atoms with E-state index in [1.54, 1.807) is 24.3 Å². The summed E-state index contributed by atoms with van der Waals surface area (Å²) in [5.41, 5.74) is 2.90. The first-order valence-electron chi connectivity index (χ1n) is 9.87. The highest BCUT2D eigenvalue weighted by Crippen LogP contribution is 2.32. The Labute approximate surface area is 207 Å². The number of nitro groups is 1. The van der Waals surface area contributed by atoms with Gasteiger partial charge >= 0.3 is 0 Å². The molecule has 0 atom stereocenters. The number of non-ortho nitro benzene ring substituents is 1. The summed E-state index contributed by atoms with van der Waals surface area (Å²) in [5, 5.41) is 26.3. The van der Waals surface area contributed by atoms with Crippen molar-refractivity contribution in [3.05, 3.63) is 80.9 Å². The van der Waals surface area contributed by atoms with Gasteiger partial charge in [0.2, 0.25) is 5.91 Å². The molecule has 1 aromatic heterocycles. The summed E-state index contributed by atoms with van der Waals surface area (Å²) in [6.07, 6.45) is 1.31. The molecule has 0 fully saturated rings. The van der Waals surface area contributed by atoms with Crippen LogP contribution in [0.5, 0.6) is 5.75 Å². The van der Waals surface area contributed by atoms with Gasteiger partial charge in [-0.2, -0.15) is 0 Å². The number of benzene rings is 3. The maximum Gasteiger partial charge on any atom is 0.270 e. The van der Waals surface area contributed by atoms with Gasteiger partial charge in [-0.25, -0.2) is 4.98 Å². The van der Waals surface area contributed by atoms with Gasteiger partial charge < -0.3 is 10.4 Å². The van der Waals surface area contributed by atoms with Gasteiger partial charge in [-0.1, -0.05) is 41.2 Å². The first-order valence-corrected chi connectivity index (χ1v) is 12.1. The average molecular weight is 512 g/mol. The van der Waals surface area contributed by atoms with E-state index < -0.39 is 4.92 Å². The highest BCUT2D eigenvalue weighted by atomic mass is 35.5. The van der Waals surface area contributed by atoms with E-state index in [0.29, 0.717) is 16.4 Å². The van der Waals surface area contributed by atoms with Crippen molar-refractivity contribution in [3.8, 4) is 5.75 Å². The number of aryl methyl sites for hydroxylation is 1. The summed E-state index contributed by atoms with van der Waals surface area (Å²) in [6, 6.07) is 14.2. The molecule has 4 rings (SSSR count). The number of halogens is 1. The highest BCUT2D eigenvalue weighted by molar-refractivity contribution is 8.01. The molecule has 11 heteroatoms. The summed E-state index contributed by atoms with van der Waals surface area (Å²) in [5.74, 6) is -0.320. The minimum absolute atomic E-state index is 0.135.